The van der Waals surface area contributed by atoms with Crippen molar-refractivity contribution < 1.29 is 19.0 Å². The highest BCUT2D eigenvalue weighted by molar-refractivity contribution is 5.72. The molecule has 5 nitrogen and oxygen atoms in total. The molecule has 29 heavy (non-hydrogen) atoms. The molecule has 2 aliphatic heterocycles. The minimum Gasteiger partial charge on any atom is -0.496 e. The van der Waals surface area contributed by atoms with E-state index >= 15 is 0 Å². The smallest absolute Gasteiger partial charge is 0.309 e. The van der Waals surface area contributed by atoms with Gasteiger partial charge in [-0.15, -0.1) is 0 Å². The first-order valence-corrected chi connectivity index (χ1v) is 10.3. The predicted molar refractivity (Wildman–Crippen MR) is 111 cm³/mol. The highest BCUT2D eigenvalue weighted by Crippen LogP contribution is 2.51. The van der Waals surface area contributed by atoms with Crippen LogP contribution < -0.4 is 10.1 Å². The molecule has 0 radical (unpaired) electrons. The number of benzene rings is 2. The fourth-order valence-electron chi connectivity index (χ4n) is 4.81. The Morgan fingerprint density at radius 3 is 2.76 bits per heavy atom. The van der Waals surface area contributed by atoms with Crippen LogP contribution in [0.25, 0.3) is 0 Å². The molecule has 2 saturated heterocycles. The molecule has 0 amide bonds. The van der Waals surface area contributed by atoms with Crippen molar-refractivity contribution in [1.82, 2.24) is 5.32 Å². The van der Waals surface area contributed by atoms with E-state index in [1.165, 1.54) is 12.7 Å². The van der Waals surface area contributed by atoms with E-state index < -0.39 is 0 Å². The maximum absolute atomic E-state index is 11.7. The number of hydrogen-bond acceptors (Lipinski definition) is 5. The summed E-state index contributed by atoms with van der Waals surface area (Å²) in [7, 11) is 3.09. The molecule has 2 aliphatic rings. The van der Waals surface area contributed by atoms with E-state index in [0.29, 0.717) is 0 Å². The monoisotopic (exact) mass is 395 g/mol. The van der Waals surface area contributed by atoms with Gasteiger partial charge in [0.1, 0.15) is 5.75 Å². The van der Waals surface area contributed by atoms with Gasteiger partial charge in [-0.3, -0.25) is 4.79 Å². The van der Waals surface area contributed by atoms with Gasteiger partial charge in [0.25, 0.3) is 0 Å². The van der Waals surface area contributed by atoms with Gasteiger partial charge in [0.15, 0.2) is 0 Å². The van der Waals surface area contributed by atoms with Gasteiger partial charge < -0.3 is 19.5 Å². The Morgan fingerprint density at radius 1 is 1.17 bits per heavy atom. The van der Waals surface area contributed by atoms with Gasteiger partial charge in [0, 0.05) is 5.56 Å². The van der Waals surface area contributed by atoms with Crippen molar-refractivity contribution in [1.29, 1.82) is 0 Å². The van der Waals surface area contributed by atoms with E-state index in [0.717, 1.165) is 49.1 Å². The lowest BCUT2D eigenvalue weighted by molar-refractivity contribution is -0.139. The molecule has 0 aromatic heterocycles. The van der Waals surface area contributed by atoms with Crippen LogP contribution in [0, 0.1) is 0 Å². The average Bonchev–Trinajstić information content (AvgIpc) is 3.18. The maximum atomic E-state index is 11.7. The number of rotatable bonds is 5. The van der Waals surface area contributed by atoms with Crippen molar-refractivity contribution in [3.05, 3.63) is 65.2 Å². The molecule has 154 valence electrons. The summed E-state index contributed by atoms with van der Waals surface area (Å²) in [6.45, 7) is 1.01. The number of methoxy groups -OCH3 is 2. The molecule has 4 rings (SSSR count). The highest BCUT2D eigenvalue weighted by Gasteiger charge is 2.48. The molecule has 3 atom stereocenters. The molecular weight excluding hydrogens is 366 g/mol. The van der Waals surface area contributed by atoms with Crippen LogP contribution >= 0.6 is 0 Å². The van der Waals surface area contributed by atoms with Gasteiger partial charge in [0.2, 0.25) is 0 Å². The summed E-state index contributed by atoms with van der Waals surface area (Å²) in [5.74, 6) is 0.561. The van der Waals surface area contributed by atoms with Crippen LogP contribution in [0.15, 0.2) is 48.5 Å². The third-order valence-corrected chi connectivity index (χ3v) is 6.21. The molecule has 0 bridgehead atoms. The normalized spacial score (nSPS) is 26.4. The molecular formula is C24H29NO4. The average molecular weight is 395 g/mol. The summed E-state index contributed by atoms with van der Waals surface area (Å²) in [5, 5.41) is 3.70. The molecule has 2 aromatic rings. The Morgan fingerprint density at radius 2 is 2.00 bits per heavy atom. The number of piperidine rings is 1. The standard InChI is InChI=1S/C24H29NO4/c1-27-20-10-9-17(16-22(26)28-2)15-19(20)21-11-13-24(29-21)12-6-14-25-23(24)18-7-4-3-5-8-18/h3-5,7-10,15,21,23,25H,6,11-14,16H2,1-2H3/t21?,23-,24+/m0/s1. The first-order valence-electron chi connectivity index (χ1n) is 10.3. The van der Waals surface area contributed by atoms with E-state index in [1.807, 2.05) is 18.2 Å². The van der Waals surface area contributed by atoms with Crippen LogP contribution in [-0.2, 0) is 20.7 Å². The van der Waals surface area contributed by atoms with Crippen LogP contribution in [0.2, 0.25) is 0 Å². The minimum atomic E-state index is -0.245. The molecule has 5 heteroatoms. The maximum Gasteiger partial charge on any atom is 0.309 e. The lowest BCUT2D eigenvalue weighted by atomic mass is 9.80. The van der Waals surface area contributed by atoms with Crippen molar-refractivity contribution in [2.45, 2.75) is 49.9 Å². The van der Waals surface area contributed by atoms with E-state index in [-0.39, 0.29) is 30.1 Å². The Labute approximate surface area is 172 Å². The van der Waals surface area contributed by atoms with Crippen LogP contribution in [-0.4, -0.2) is 32.3 Å². The zero-order chi connectivity index (χ0) is 20.3. The summed E-state index contributed by atoms with van der Waals surface area (Å²) in [6, 6.07) is 16.7. The zero-order valence-corrected chi connectivity index (χ0v) is 17.1. The number of ether oxygens (including phenoxy) is 3. The molecule has 2 heterocycles. The quantitative estimate of drug-likeness (QED) is 0.772. The van der Waals surface area contributed by atoms with Gasteiger partial charge >= 0.3 is 5.97 Å². The Bertz CT molecular complexity index is 853. The molecule has 2 fully saturated rings. The van der Waals surface area contributed by atoms with E-state index in [1.54, 1.807) is 7.11 Å². The van der Waals surface area contributed by atoms with Crippen LogP contribution in [0.3, 0.4) is 0 Å². The van der Waals surface area contributed by atoms with Gasteiger partial charge in [0.05, 0.1) is 38.4 Å². The van der Waals surface area contributed by atoms with Gasteiger partial charge in [-0.1, -0.05) is 36.4 Å². The zero-order valence-electron chi connectivity index (χ0n) is 17.1. The van der Waals surface area contributed by atoms with Crippen molar-refractivity contribution >= 4 is 5.97 Å². The third-order valence-electron chi connectivity index (χ3n) is 6.21. The Balaban J connectivity index is 1.61. The first-order chi connectivity index (χ1) is 14.1. The number of carbonyl (C=O) groups excluding carboxylic acids is 1. The number of esters is 1. The number of nitrogens with one attached hydrogen (secondary N) is 1. The van der Waals surface area contributed by atoms with Crippen molar-refractivity contribution in [2.75, 3.05) is 20.8 Å². The summed E-state index contributed by atoms with van der Waals surface area (Å²) >= 11 is 0. The molecule has 1 unspecified atom stereocenters. The topological polar surface area (TPSA) is 56.8 Å². The summed E-state index contributed by atoms with van der Waals surface area (Å²) < 4.78 is 17.3. The van der Waals surface area contributed by atoms with Crippen LogP contribution in [0.1, 0.15) is 54.5 Å². The fourth-order valence-corrected chi connectivity index (χ4v) is 4.81. The lowest BCUT2D eigenvalue weighted by Crippen LogP contribution is -2.48. The van der Waals surface area contributed by atoms with E-state index in [2.05, 4.69) is 35.6 Å². The highest BCUT2D eigenvalue weighted by atomic mass is 16.5. The fraction of sp³-hybridized carbons (Fsp3) is 0.458. The Kier molecular flexibility index (Phi) is 5.88. The van der Waals surface area contributed by atoms with E-state index in [4.69, 9.17) is 14.2 Å². The molecule has 1 N–H and O–H groups in total. The Hall–Kier alpha value is -2.37. The second-order valence-electron chi connectivity index (χ2n) is 7.94. The van der Waals surface area contributed by atoms with Crippen molar-refractivity contribution in [3.63, 3.8) is 0 Å². The molecule has 2 aromatic carbocycles. The van der Waals surface area contributed by atoms with Crippen molar-refractivity contribution in [3.8, 4) is 5.75 Å². The summed E-state index contributed by atoms with van der Waals surface area (Å²) in [6.07, 6.45) is 4.28. The van der Waals surface area contributed by atoms with Crippen LogP contribution in [0.5, 0.6) is 5.75 Å². The van der Waals surface area contributed by atoms with Crippen LogP contribution in [0.4, 0.5) is 0 Å². The predicted octanol–water partition coefficient (Wildman–Crippen LogP) is 4.13. The van der Waals surface area contributed by atoms with Crippen molar-refractivity contribution in [2.24, 2.45) is 0 Å². The molecule has 0 aliphatic carbocycles. The number of carbonyl (C=O) groups is 1. The first kappa shape index (κ1) is 19.9. The van der Waals surface area contributed by atoms with Gasteiger partial charge in [-0.2, -0.15) is 0 Å². The SMILES string of the molecule is COC(=O)Cc1ccc(OC)c(C2CC[C@@]3(CCCN[C@H]3c3ccccc3)O2)c1. The second-order valence-corrected chi connectivity index (χ2v) is 7.94. The largest absolute Gasteiger partial charge is 0.496 e. The summed E-state index contributed by atoms with van der Waals surface area (Å²) in [5.41, 5.74) is 2.99. The number of hydrogen-bond donors (Lipinski definition) is 1. The van der Waals surface area contributed by atoms with E-state index in [9.17, 15) is 4.79 Å². The minimum absolute atomic E-state index is 0.0475. The van der Waals surface area contributed by atoms with Gasteiger partial charge in [-0.05, 0) is 55.5 Å². The van der Waals surface area contributed by atoms with Gasteiger partial charge in [-0.25, -0.2) is 0 Å². The third kappa shape index (κ3) is 4.02. The second kappa shape index (κ2) is 8.56. The molecule has 1 spiro atoms. The summed E-state index contributed by atoms with van der Waals surface area (Å²) in [4.78, 5) is 11.7. The molecule has 0 saturated carbocycles. The lowest BCUT2D eigenvalue weighted by Gasteiger charge is -2.42.